The van der Waals surface area contributed by atoms with Crippen molar-refractivity contribution in [1.29, 1.82) is 0 Å². The summed E-state index contributed by atoms with van der Waals surface area (Å²) in [5.74, 6) is -0.211. The van der Waals surface area contributed by atoms with Crippen molar-refractivity contribution in [2.24, 2.45) is 0 Å². The predicted molar refractivity (Wildman–Crippen MR) is 78.7 cm³/mol. The number of nitrogen functional groups attached to an aromatic ring is 1. The summed E-state index contributed by atoms with van der Waals surface area (Å²) in [7, 11) is 0. The molecule has 0 spiro atoms. The Kier molecular flexibility index (Phi) is 4.16. The molecule has 98 valence electrons. The molecule has 0 bridgehead atoms. The average molecular weight is 320 g/mol. The average Bonchev–Trinajstić information content (AvgIpc) is 2.39. The first-order valence-corrected chi connectivity index (χ1v) is 6.64. The summed E-state index contributed by atoms with van der Waals surface area (Å²) in [4.78, 5) is 16.1. The summed E-state index contributed by atoms with van der Waals surface area (Å²) < 4.78 is 0.678. The number of carbonyl (C=O) groups is 1. The number of rotatable bonds is 3. The van der Waals surface area contributed by atoms with Crippen molar-refractivity contribution in [1.82, 2.24) is 10.3 Å². The van der Waals surface area contributed by atoms with E-state index in [-0.39, 0.29) is 11.9 Å². The Morgan fingerprint density at radius 2 is 2.00 bits per heavy atom. The first-order valence-electron chi connectivity index (χ1n) is 5.84. The van der Waals surface area contributed by atoms with Gasteiger partial charge in [-0.1, -0.05) is 12.1 Å². The molecule has 2 aromatic rings. The van der Waals surface area contributed by atoms with Gasteiger partial charge in [-0.2, -0.15) is 0 Å². The van der Waals surface area contributed by atoms with E-state index in [4.69, 9.17) is 5.73 Å². The van der Waals surface area contributed by atoms with Crippen molar-refractivity contribution in [3.05, 3.63) is 58.3 Å². The zero-order valence-corrected chi connectivity index (χ0v) is 12.0. The Balaban J connectivity index is 2.11. The predicted octanol–water partition coefficient (Wildman–Crippen LogP) is 2.92. The highest BCUT2D eigenvalue weighted by atomic mass is 79.9. The van der Waals surface area contributed by atoms with Gasteiger partial charge in [-0.15, -0.1) is 0 Å². The van der Waals surface area contributed by atoms with E-state index in [1.54, 1.807) is 18.3 Å². The minimum atomic E-state index is -0.211. The Bertz CT molecular complexity index is 583. The summed E-state index contributed by atoms with van der Waals surface area (Å²) in [6, 6.07) is 10.9. The quantitative estimate of drug-likeness (QED) is 0.855. The molecular formula is C14H14BrN3O. The van der Waals surface area contributed by atoms with Crippen molar-refractivity contribution in [2.75, 3.05) is 5.73 Å². The highest BCUT2D eigenvalue weighted by Gasteiger charge is 2.14. The van der Waals surface area contributed by atoms with Gasteiger partial charge in [0.15, 0.2) is 0 Å². The van der Waals surface area contributed by atoms with Crippen LogP contribution in [0.5, 0.6) is 0 Å². The third kappa shape index (κ3) is 3.32. The minimum Gasteiger partial charge on any atom is -0.399 e. The third-order valence-electron chi connectivity index (χ3n) is 2.76. The van der Waals surface area contributed by atoms with Crippen LogP contribution in [0.1, 0.15) is 29.0 Å². The molecule has 1 heterocycles. The van der Waals surface area contributed by atoms with Gasteiger partial charge in [0.05, 0.1) is 6.04 Å². The van der Waals surface area contributed by atoms with Gasteiger partial charge in [-0.05, 0) is 52.7 Å². The van der Waals surface area contributed by atoms with E-state index in [2.05, 4.69) is 26.2 Å². The van der Waals surface area contributed by atoms with Gasteiger partial charge < -0.3 is 11.1 Å². The van der Waals surface area contributed by atoms with E-state index in [0.717, 1.165) is 5.56 Å². The van der Waals surface area contributed by atoms with Crippen LogP contribution in [-0.4, -0.2) is 10.9 Å². The largest absolute Gasteiger partial charge is 0.399 e. The Morgan fingerprint density at radius 1 is 1.32 bits per heavy atom. The van der Waals surface area contributed by atoms with Crippen LogP contribution in [0.3, 0.4) is 0 Å². The van der Waals surface area contributed by atoms with Crippen molar-refractivity contribution < 1.29 is 4.79 Å². The van der Waals surface area contributed by atoms with Crippen LogP contribution in [0, 0.1) is 0 Å². The van der Waals surface area contributed by atoms with Gasteiger partial charge in [0, 0.05) is 16.4 Å². The smallest absolute Gasteiger partial charge is 0.271 e. The number of anilines is 1. The molecule has 1 atom stereocenters. The molecule has 0 aliphatic heterocycles. The van der Waals surface area contributed by atoms with Crippen LogP contribution in [0.2, 0.25) is 0 Å². The lowest BCUT2D eigenvalue weighted by Gasteiger charge is -2.14. The summed E-state index contributed by atoms with van der Waals surface area (Å²) in [5, 5.41) is 2.90. The van der Waals surface area contributed by atoms with Gasteiger partial charge in [-0.25, -0.2) is 4.98 Å². The van der Waals surface area contributed by atoms with Crippen molar-refractivity contribution in [3.63, 3.8) is 0 Å². The first kappa shape index (κ1) is 13.5. The zero-order valence-electron chi connectivity index (χ0n) is 10.4. The number of carbonyl (C=O) groups excluding carboxylic acids is 1. The standard InChI is InChI=1S/C14H14BrN3O/c1-9(10-4-6-11(16)7-5-10)18-14(19)13-12(15)3-2-8-17-13/h2-9H,16H2,1H3,(H,18,19). The molecule has 0 aliphatic rings. The normalized spacial score (nSPS) is 11.9. The highest BCUT2D eigenvalue weighted by molar-refractivity contribution is 9.10. The van der Waals surface area contributed by atoms with E-state index < -0.39 is 0 Å². The fraction of sp³-hybridized carbons (Fsp3) is 0.143. The molecule has 1 amide bonds. The molecule has 19 heavy (non-hydrogen) atoms. The molecule has 0 radical (unpaired) electrons. The fourth-order valence-electron chi connectivity index (χ4n) is 1.69. The van der Waals surface area contributed by atoms with Gasteiger partial charge in [-0.3, -0.25) is 4.79 Å². The number of benzene rings is 1. The molecule has 3 N–H and O–H groups in total. The van der Waals surface area contributed by atoms with E-state index >= 15 is 0 Å². The number of nitrogens with one attached hydrogen (secondary N) is 1. The van der Waals surface area contributed by atoms with Crippen LogP contribution in [0.25, 0.3) is 0 Å². The maximum atomic E-state index is 12.1. The molecule has 5 heteroatoms. The summed E-state index contributed by atoms with van der Waals surface area (Å²) in [6.07, 6.45) is 1.59. The number of hydrogen-bond acceptors (Lipinski definition) is 3. The maximum Gasteiger partial charge on any atom is 0.271 e. The Hall–Kier alpha value is -1.88. The monoisotopic (exact) mass is 319 g/mol. The summed E-state index contributed by atoms with van der Waals surface area (Å²) in [6.45, 7) is 1.92. The zero-order chi connectivity index (χ0) is 13.8. The number of pyridine rings is 1. The van der Waals surface area contributed by atoms with Gasteiger partial charge in [0.2, 0.25) is 0 Å². The molecule has 0 fully saturated rings. The molecule has 1 unspecified atom stereocenters. The summed E-state index contributed by atoms with van der Waals surface area (Å²) >= 11 is 3.31. The maximum absolute atomic E-state index is 12.1. The van der Waals surface area contributed by atoms with Crippen molar-refractivity contribution >= 4 is 27.5 Å². The highest BCUT2D eigenvalue weighted by Crippen LogP contribution is 2.17. The van der Waals surface area contributed by atoms with Crippen LogP contribution < -0.4 is 11.1 Å². The number of hydrogen-bond donors (Lipinski definition) is 2. The number of nitrogens with zero attached hydrogens (tertiary/aromatic N) is 1. The Labute approximate surface area is 120 Å². The number of halogens is 1. The molecule has 2 rings (SSSR count). The first-order chi connectivity index (χ1) is 9.08. The lowest BCUT2D eigenvalue weighted by atomic mass is 10.1. The van der Waals surface area contributed by atoms with E-state index in [0.29, 0.717) is 15.9 Å². The van der Waals surface area contributed by atoms with Crippen LogP contribution in [0.15, 0.2) is 47.1 Å². The lowest BCUT2D eigenvalue weighted by Crippen LogP contribution is -2.27. The molecule has 0 aliphatic carbocycles. The second kappa shape index (κ2) is 5.84. The second-order valence-electron chi connectivity index (χ2n) is 4.20. The van der Waals surface area contributed by atoms with Crippen molar-refractivity contribution in [3.8, 4) is 0 Å². The lowest BCUT2D eigenvalue weighted by molar-refractivity contribution is 0.0934. The number of nitrogens with two attached hydrogens (primary N) is 1. The van der Waals surface area contributed by atoms with Crippen LogP contribution >= 0.6 is 15.9 Å². The molecule has 4 nitrogen and oxygen atoms in total. The van der Waals surface area contributed by atoms with E-state index in [1.807, 2.05) is 31.2 Å². The molecule has 0 saturated heterocycles. The van der Waals surface area contributed by atoms with Crippen LogP contribution in [-0.2, 0) is 0 Å². The molecule has 1 aromatic carbocycles. The molecular weight excluding hydrogens is 306 g/mol. The van der Waals surface area contributed by atoms with Gasteiger partial charge >= 0.3 is 0 Å². The SMILES string of the molecule is CC(NC(=O)c1ncccc1Br)c1ccc(N)cc1. The fourth-order valence-corrected chi connectivity index (χ4v) is 2.12. The second-order valence-corrected chi connectivity index (χ2v) is 5.05. The topological polar surface area (TPSA) is 68.0 Å². The van der Waals surface area contributed by atoms with E-state index in [1.165, 1.54) is 0 Å². The number of aromatic nitrogens is 1. The van der Waals surface area contributed by atoms with E-state index in [9.17, 15) is 4.79 Å². The van der Waals surface area contributed by atoms with Crippen LogP contribution in [0.4, 0.5) is 5.69 Å². The number of amides is 1. The van der Waals surface area contributed by atoms with Crippen molar-refractivity contribution in [2.45, 2.75) is 13.0 Å². The van der Waals surface area contributed by atoms with Gasteiger partial charge in [0.25, 0.3) is 5.91 Å². The summed E-state index contributed by atoms with van der Waals surface area (Å²) in [5.41, 5.74) is 7.71. The third-order valence-corrected chi connectivity index (χ3v) is 3.40. The minimum absolute atomic E-state index is 0.109. The Morgan fingerprint density at radius 3 is 2.63 bits per heavy atom. The van der Waals surface area contributed by atoms with Gasteiger partial charge in [0.1, 0.15) is 5.69 Å². The molecule has 1 aromatic heterocycles. The molecule has 0 saturated carbocycles.